The van der Waals surface area contributed by atoms with Crippen LogP contribution in [0.1, 0.15) is 79.0 Å². The van der Waals surface area contributed by atoms with Crippen LogP contribution in [-0.2, 0) is 16.2 Å². The van der Waals surface area contributed by atoms with Crippen LogP contribution in [0.5, 0.6) is 0 Å². The van der Waals surface area contributed by atoms with Gasteiger partial charge < -0.3 is 0 Å². The van der Waals surface area contributed by atoms with Crippen molar-refractivity contribution in [1.29, 1.82) is 0 Å². The van der Waals surface area contributed by atoms with Gasteiger partial charge in [-0.05, 0) is 84.1 Å². The molecule has 0 bridgehead atoms. The van der Waals surface area contributed by atoms with Crippen LogP contribution >= 0.6 is 23.3 Å². The molecule has 172 valence electrons. The first-order valence-electron chi connectivity index (χ1n) is 11.5. The first-order chi connectivity index (χ1) is 14.6. The molecule has 0 fully saturated rings. The molecular formula is C30H39BrS. The normalized spacial score (nSPS) is 13.8. The van der Waals surface area contributed by atoms with Gasteiger partial charge in [-0.15, -0.1) is 8.46 Å². The topological polar surface area (TPSA) is 0 Å². The van der Waals surface area contributed by atoms with Crippen molar-refractivity contribution in [2.45, 2.75) is 93.2 Å². The van der Waals surface area contributed by atoms with E-state index in [1.54, 1.807) is 0 Å². The Bertz CT molecular complexity index is 899. The monoisotopic (exact) mass is 510 g/mol. The molecular weight excluding hydrogens is 472 g/mol. The predicted molar refractivity (Wildman–Crippen MR) is 147 cm³/mol. The average molecular weight is 512 g/mol. The highest BCUT2D eigenvalue weighted by Crippen LogP contribution is 2.74. The lowest BCUT2D eigenvalue weighted by Crippen LogP contribution is -2.12. The average Bonchev–Trinajstić information content (AvgIpc) is 2.71. The summed E-state index contributed by atoms with van der Waals surface area (Å²) in [5, 5.41) is 0. The lowest BCUT2D eigenvalue weighted by Gasteiger charge is -2.36. The van der Waals surface area contributed by atoms with Crippen LogP contribution < -0.4 is 0 Å². The molecule has 2 heteroatoms. The maximum atomic E-state index is 4.32. The van der Waals surface area contributed by atoms with Crippen LogP contribution in [0, 0.1) is 0 Å². The van der Waals surface area contributed by atoms with Gasteiger partial charge in [-0.3, -0.25) is 0 Å². The van der Waals surface area contributed by atoms with Gasteiger partial charge in [-0.25, -0.2) is 0 Å². The molecule has 32 heavy (non-hydrogen) atoms. The van der Waals surface area contributed by atoms with Crippen molar-refractivity contribution >= 4 is 23.3 Å². The molecule has 0 amide bonds. The van der Waals surface area contributed by atoms with Crippen LogP contribution in [0.2, 0.25) is 0 Å². The maximum Gasteiger partial charge on any atom is 0.00785 e. The van der Waals surface area contributed by atoms with Crippen LogP contribution in [0.15, 0.2) is 87.5 Å². The molecule has 0 spiro atoms. The van der Waals surface area contributed by atoms with Gasteiger partial charge in [0.05, 0.1) is 0 Å². The zero-order chi connectivity index (χ0) is 23.9. The molecule has 3 rings (SSSR count). The van der Waals surface area contributed by atoms with Crippen molar-refractivity contribution in [1.82, 2.24) is 0 Å². The molecule has 0 aliphatic rings. The van der Waals surface area contributed by atoms with Crippen LogP contribution in [0.3, 0.4) is 0 Å². The molecule has 0 radical (unpaired) electrons. The minimum absolute atomic E-state index is 0.144. The minimum atomic E-state index is -1.55. The third kappa shape index (κ3) is 5.18. The fourth-order valence-electron chi connectivity index (χ4n) is 3.84. The van der Waals surface area contributed by atoms with Crippen molar-refractivity contribution in [3.63, 3.8) is 0 Å². The Kier molecular flexibility index (Phi) is 6.82. The quantitative estimate of drug-likeness (QED) is 0.328. The lowest BCUT2D eigenvalue weighted by atomic mass is 9.87. The Morgan fingerprint density at radius 3 is 0.750 bits per heavy atom. The molecule has 0 saturated carbocycles. The number of rotatable bonds is 3. The second-order valence-electron chi connectivity index (χ2n) is 11.9. The Morgan fingerprint density at radius 1 is 0.406 bits per heavy atom. The van der Waals surface area contributed by atoms with Crippen LogP contribution in [0.4, 0.5) is 0 Å². The molecule has 0 nitrogen and oxygen atoms in total. The van der Waals surface area contributed by atoms with E-state index < -0.39 is 8.46 Å². The van der Waals surface area contributed by atoms with Gasteiger partial charge in [-0.2, -0.15) is 0 Å². The van der Waals surface area contributed by atoms with Crippen molar-refractivity contribution in [3.05, 3.63) is 89.5 Å². The first kappa shape index (κ1) is 25.1. The van der Waals surface area contributed by atoms with E-state index >= 15 is 0 Å². The third-order valence-corrected chi connectivity index (χ3v) is 12.3. The SMILES string of the molecule is CC(C)(C)c1ccc(S(Br)(c2ccc(C(C)(C)C)cc2)c2ccc(C(C)(C)C)cc2)cc1. The zero-order valence-corrected chi connectivity index (χ0v) is 23.6. The van der Waals surface area contributed by atoms with Crippen molar-refractivity contribution in [2.75, 3.05) is 0 Å². The van der Waals surface area contributed by atoms with E-state index in [1.165, 1.54) is 31.4 Å². The molecule has 0 heterocycles. The molecule has 0 unspecified atom stereocenters. The molecule has 0 aliphatic heterocycles. The number of halogens is 1. The van der Waals surface area contributed by atoms with Crippen molar-refractivity contribution < 1.29 is 0 Å². The summed E-state index contributed by atoms with van der Waals surface area (Å²) >= 11 is 4.32. The van der Waals surface area contributed by atoms with E-state index in [2.05, 4.69) is 150 Å². The van der Waals surface area contributed by atoms with Crippen molar-refractivity contribution in [3.8, 4) is 0 Å². The highest BCUT2D eigenvalue weighted by molar-refractivity contribution is 9.58. The zero-order valence-electron chi connectivity index (χ0n) is 21.2. The fraction of sp³-hybridized carbons (Fsp3) is 0.400. The minimum Gasteiger partial charge on any atom is -0.101 e. The summed E-state index contributed by atoms with van der Waals surface area (Å²) in [6.45, 7) is 20.4. The largest absolute Gasteiger partial charge is 0.101 e. The molecule has 0 aromatic heterocycles. The van der Waals surface area contributed by atoms with Crippen molar-refractivity contribution in [2.24, 2.45) is 0 Å². The second kappa shape index (κ2) is 8.69. The van der Waals surface area contributed by atoms with E-state index in [9.17, 15) is 0 Å². The third-order valence-electron chi connectivity index (χ3n) is 6.14. The van der Waals surface area contributed by atoms with E-state index in [-0.39, 0.29) is 16.2 Å². The summed E-state index contributed by atoms with van der Waals surface area (Å²) in [5.74, 6) is 0. The molecule has 0 saturated heterocycles. The highest BCUT2D eigenvalue weighted by atomic mass is 79.9. The van der Waals surface area contributed by atoms with Gasteiger partial charge in [0.2, 0.25) is 0 Å². The van der Waals surface area contributed by atoms with E-state index in [0.29, 0.717) is 0 Å². The van der Waals surface area contributed by atoms with Gasteiger partial charge in [0.15, 0.2) is 0 Å². The highest BCUT2D eigenvalue weighted by Gasteiger charge is 2.30. The van der Waals surface area contributed by atoms with Gasteiger partial charge in [0.1, 0.15) is 0 Å². The standard InChI is InChI=1S/C30H39BrS/c1-28(2,3)22-10-16-25(17-11-22)32(31,26-18-12-23(13-19-26)29(4,5)6)27-20-14-24(15-21-27)30(7,8)9/h10-21H,1-9H3. The van der Waals surface area contributed by atoms with Crippen LogP contribution in [0.25, 0.3) is 0 Å². The van der Waals surface area contributed by atoms with E-state index in [1.807, 2.05) is 0 Å². The predicted octanol–water partition coefficient (Wildman–Crippen LogP) is 10.2. The Labute approximate surface area is 205 Å². The fourth-order valence-corrected chi connectivity index (χ4v) is 8.13. The number of hydrogen-bond donors (Lipinski definition) is 0. The van der Waals surface area contributed by atoms with E-state index in [4.69, 9.17) is 0 Å². The molecule has 0 N–H and O–H groups in total. The summed E-state index contributed by atoms with van der Waals surface area (Å²) in [6.07, 6.45) is 0. The van der Waals surface area contributed by atoms with Gasteiger partial charge in [-0.1, -0.05) is 98.7 Å². The van der Waals surface area contributed by atoms with Gasteiger partial charge in [0, 0.05) is 14.7 Å². The summed E-state index contributed by atoms with van der Waals surface area (Å²) in [7, 11) is -1.55. The smallest absolute Gasteiger partial charge is 0.00785 e. The summed E-state index contributed by atoms with van der Waals surface area (Å²) in [6, 6.07) is 27.7. The summed E-state index contributed by atoms with van der Waals surface area (Å²) < 4.78 is 0. The number of hydrogen-bond acceptors (Lipinski definition) is 0. The molecule has 3 aromatic rings. The maximum absolute atomic E-state index is 4.32. The lowest BCUT2D eigenvalue weighted by molar-refractivity contribution is 0.589. The summed E-state index contributed by atoms with van der Waals surface area (Å²) in [4.78, 5) is 3.99. The first-order valence-corrected chi connectivity index (χ1v) is 15.0. The van der Waals surface area contributed by atoms with Crippen LogP contribution in [-0.4, -0.2) is 0 Å². The van der Waals surface area contributed by atoms with Gasteiger partial charge in [0.25, 0.3) is 0 Å². The Balaban J connectivity index is 2.17. The Morgan fingerprint density at radius 2 is 0.594 bits per heavy atom. The Hall–Kier alpha value is -1.51. The molecule has 0 aliphatic carbocycles. The number of benzene rings is 3. The molecule has 3 aromatic carbocycles. The van der Waals surface area contributed by atoms with Gasteiger partial charge >= 0.3 is 0 Å². The second-order valence-corrected chi connectivity index (χ2v) is 17.3. The molecule has 0 atom stereocenters. The summed E-state index contributed by atoms with van der Waals surface area (Å²) in [5.41, 5.74) is 4.52. The van der Waals surface area contributed by atoms with E-state index in [0.717, 1.165) is 0 Å².